The molecule has 1 saturated heterocycles. The number of nitro benzene ring substituents is 1. The van der Waals surface area contributed by atoms with Gasteiger partial charge in [-0.1, -0.05) is 12.1 Å². The number of benzene rings is 2. The second-order valence-corrected chi connectivity index (χ2v) is 6.49. The summed E-state index contributed by atoms with van der Waals surface area (Å²) in [6.45, 7) is 4.22. The Morgan fingerprint density at radius 3 is 2.54 bits per heavy atom. The lowest BCUT2D eigenvalue weighted by atomic mass is 10.1. The molecule has 0 bridgehead atoms. The smallest absolute Gasteiger partial charge is 0.269 e. The van der Waals surface area contributed by atoms with Gasteiger partial charge in [-0.2, -0.15) is 0 Å². The summed E-state index contributed by atoms with van der Waals surface area (Å²) in [5.41, 5.74) is 3.30. The van der Waals surface area contributed by atoms with Crippen molar-refractivity contribution in [2.45, 2.75) is 20.3 Å². The van der Waals surface area contributed by atoms with Crippen LogP contribution in [0.1, 0.15) is 17.5 Å². The van der Waals surface area contributed by atoms with Crippen molar-refractivity contribution >= 4 is 28.9 Å². The molecule has 2 aromatic carbocycles. The number of aryl methyl sites for hydroxylation is 2. The van der Waals surface area contributed by atoms with Crippen LogP contribution in [0.4, 0.5) is 17.1 Å². The number of nitrogens with zero attached hydrogens (tertiary/aromatic N) is 2. The number of carbonyl (C=O) groups is 2. The maximum atomic E-state index is 12.5. The zero-order valence-electron chi connectivity index (χ0n) is 14.6. The fraction of sp³-hybridized carbons (Fsp3) is 0.263. The van der Waals surface area contributed by atoms with Gasteiger partial charge in [-0.15, -0.1) is 0 Å². The first-order valence-electron chi connectivity index (χ1n) is 8.28. The molecule has 1 aliphatic rings. The number of rotatable bonds is 4. The molecule has 1 fully saturated rings. The molecule has 26 heavy (non-hydrogen) atoms. The summed E-state index contributed by atoms with van der Waals surface area (Å²) in [6, 6.07) is 11.5. The Hall–Kier alpha value is -3.22. The highest BCUT2D eigenvalue weighted by molar-refractivity contribution is 6.03. The first kappa shape index (κ1) is 17.6. The van der Waals surface area contributed by atoms with E-state index in [0.717, 1.165) is 16.8 Å². The highest BCUT2D eigenvalue weighted by Gasteiger charge is 2.35. The molecular formula is C19H19N3O4. The molecule has 1 heterocycles. The standard InChI is InChI=1S/C19H19N3O4/c1-12-3-4-13(2)17(9-12)21-11-14(10-18(21)23)19(24)20-15-5-7-16(8-6-15)22(25)26/h3-9,14H,10-11H2,1-2H3,(H,20,24)/t14-/m0/s1. The molecule has 0 saturated carbocycles. The number of carbonyl (C=O) groups excluding carboxylic acids is 2. The molecular weight excluding hydrogens is 334 g/mol. The number of nitro groups is 1. The van der Waals surface area contributed by atoms with Crippen molar-refractivity contribution in [1.29, 1.82) is 0 Å². The van der Waals surface area contributed by atoms with Crippen LogP contribution in [0.25, 0.3) is 0 Å². The van der Waals surface area contributed by atoms with Crippen LogP contribution in [-0.4, -0.2) is 23.3 Å². The molecule has 2 aromatic rings. The van der Waals surface area contributed by atoms with Gasteiger partial charge in [0.15, 0.2) is 0 Å². The maximum absolute atomic E-state index is 12.5. The van der Waals surface area contributed by atoms with Gasteiger partial charge in [0.25, 0.3) is 5.69 Å². The van der Waals surface area contributed by atoms with Gasteiger partial charge in [0, 0.05) is 36.5 Å². The summed E-state index contributed by atoms with van der Waals surface area (Å²) >= 11 is 0. The molecule has 7 nitrogen and oxygen atoms in total. The lowest BCUT2D eigenvalue weighted by Crippen LogP contribution is -2.28. The van der Waals surface area contributed by atoms with Gasteiger partial charge in [0.2, 0.25) is 11.8 Å². The van der Waals surface area contributed by atoms with E-state index in [1.54, 1.807) is 4.90 Å². The second kappa shape index (κ2) is 6.95. The van der Waals surface area contributed by atoms with Crippen LogP contribution >= 0.6 is 0 Å². The highest BCUT2D eigenvalue weighted by atomic mass is 16.6. The van der Waals surface area contributed by atoms with Crippen LogP contribution < -0.4 is 10.2 Å². The SMILES string of the molecule is Cc1ccc(C)c(N2C[C@@H](C(=O)Nc3ccc([N+](=O)[O-])cc3)CC2=O)c1. The summed E-state index contributed by atoms with van der Waals surface area (Å²) in [5, 5.41) is 13.4. The van der Waals surface area contributed by atoms with E-state index in [1.807, 2.05) is 32.0 Å². The zero-order valence-corrected chi connectivity index (χ0v) is 14.6. The van der Waals surface area contributed by atoms with Crippen LogP contribution in [0.5, 0.6) is 0 Å². The quantitative estimate of drug-likeness (QED) is 0.675. The van der Waals surface area contributed by atoms with E-state index in [9.17, 15) is 19.7 Å². The average Bonchev–Trinajstić information content (AvgIpc) is 2.99. The minimum Gasteiger partial charge on any atom is -0.326 e. The fourth-order valence-corrected chi connectivity index (χ4v) is 3.04. The average molecular weight is 353 g/mol. The molecule has 1 atom stereocenters. The van der Waals surface area contributed by atoms with E-state index in [-0.39, 0.29) is 23.9 Å². The lowest BCUT2D eigenvalue weighted by Gasteiger charge is -2.19. The number of hydrogen-bond donors (Lipinski definition) is 1. The van der Waals surface area contributed by atoms with Crippen molar-refractivity contribution in [3.8, 4) is 0 Å². The summed E-state index contributed by atoms with van der Waals surface area (Å²) in [5.74, 6) is -0.805. The van der Waals surface area contributed by atoms with Crippen molar-refractivity contribution in [2.75, 3.05) is 16.8 Å². The van der Waals surface area contributed by atoms with Crippen LogP contribution in [0.15, 0.2) is 42.5 Å². The van der Waals surface area contributed by atoms with Crippen LogP contribution in [0.3, 0.4) is 0 Å². The first-order valence-corrected chi connectivity index (χ1v) is 8.28. The van der Waals surface area contributed by atoms with E-state index < -0.39 is 10.8 Å². The van der Waals surface area contributed by atoms with Crippen molar-refractivity contribution in [3.63, 3.8) is 0 Å². The maximum Gasteiger partial charge on any atom is 0.269 e. The zero-order chi connectivity index (χ0) is 18.8. The molecule has 2 amide bonds. The predicted octanol–water partition coefficient (Wildman–Crippen LogP) is 3.20. The second-order valence-electron chi connectivity index (χ2n) is 6.49. The summed E-state index contributed by atoms with van der Waals surface area (Å²) < 4.78 is 0. The third kappa shape index (κ3) is 3.56. The summed E-state index contributed by atoms with van der Waals surface area (Å²) in [4.78, 5) is 36.7. The Bertz CT molecular complexity index is 877. The van der Waals surface area contributed by atoms with Gasteiger partial charge in [-0.25, -0.2) is 0 Å². The molecule has 0 radical (unpaired) electrons. The Morgan fingerprint density at radius 1 is 1.19 bits per heavy atom. The summed E-state index contributed by atoms with van der Waals surface area (Å²) in [6.07, 6.45) is 0.145. The monoisotopic (exact) mass is 353 g/mol. The molecule has 0 unspecified atom stereocenters. The molecule has 7 heteroatoms. The van der Waals surface area contributed by atoms with E-state index in [1.165, 1.54) is 24.3 Å². The Kier molecular flexibility index (Phi) is 4.71. The van der Waals surface area contributed by atoms with Crippen molar-refractivity contribution in [1.82, 2.24) is 0 Å². The third-order valence-corrected chi connectivity index (χ3v) is 4.50. The molecule has 0 aliphatic carbocycles. The molecule has 134 valence electrons. The van der Waals surface area contributed by atoms with Crippen LogP contribution in [0, 0.1) is 29.9 Å². The first-order chi connectivity index (χ1) is 12.3. The van der Waals surface area contributed by atoms with Gasteiger partial charge >= 0.3 is 0 Å². The Labute approximate surface area is 150 Å². The summed E-state index contributed by atoms with van der Waals surface area (Å²) in [7, 11) is 0. The molecule has 0 aromatic heterocycles. The Balaban J connectivity index is 1.70. The van der Waals surface area contributed by atoms with Gasteiger partial charge < -0.3 is 10.2 Å². The van der Waals surface area contributed by atoms with Crippen molar-refractivity contribution < 1.29 is 14.5 Å². The largest absolute Gasteiger partial charge is 0.326 e. The molecule has 3 rings (SSSR count). The van der Waals surface area contributed by atoms with Gasteiger partial charge in [0.05, 0.1) is 10.8 Å². The van der Waals surface area contributed by atoms with Gasteiger partial charge in [-0.05, 0) is 43.2 Å². The molecule has 1 N–H and O–H groups in total. The number of non-ortho nitro benzene ring substituents is 1. The third-order valence-electron chi connectivity index (χ3n) is 4.50. The lowest BCUT2D eigenvalue weighted by molar-refractivity contribution is -0.384. The fourth-order valence-electron chi connectivity index (χ4n) is 3.04. The molecule has 1 aliphatic heterocycles. The topological polar surface area (TPSA) is 92.6 Å². The van der Waals surface area contributed by atoms with Gasteiger partial charge in [0.1, 0.15) is 0 Å². The molecule has 0 spiro atoms. The predicted molar refractivity (Wildman–Crippen MR) is 98.1 cm³/mol. The van der Waals surface area contributed by atoms with Crippen LogP contribution in [-0.2, 0) is 9.59 Å². The number of hydrogen-bond acceptors (Lipinski definition) is 4. The van der Waals surface area contributed by atoms with Crippen LogP contribution in [0.2, 0.25) is 0 Å². The van der Waals surface area contributed by atoms with E-state index in [2.05, 4.69) is 5.32 Å². The van der Waals surface area contributed by atoms with E-state index in [0.29, 0.717) is 12.2 Å². The van der Waals surface area contributed by atoms with Gasteiger partial charge in [-0.3, -0.25) is 19.7 Å². The minimum atomic E-state index is -0.497. The number of amides is 2. The van der Waals surface area contributed by atoms with Crippen molar-refractivity contribution in [3.05, 3.63) is 63.7 Å². The normalized spacial score (nSPS) is 16.6. The Morgan fingerprint density at radius 2 is 1.88 bits per heavy atom. The van der Waals surface area contributed by atoms with E-state index >= 15 is 0 Å². The minimum absolute atomic E-state index is 0.0415. The number of nitrogens with one attached hydrogen (secondary N) is 1. The van der Waals surface area contributed by atoms with E-state index in [4.69, 9.17) is 0 Å². The number of anilines is 2. The van der Waals surface area contributed by atoms with Crippen molar-refractivity contribution in [2.24, 2.45) is 5.92 Å². The highest BCUT2D eigenvalue weighted by Crippen LogP contribution is 2.29.